The first kappa shape index (κ1) is 9.76. The molecule has 0 radical (unpaired) electrons. The van der Waals surface area contributed by atoms with E-state index in [9.17, 15) is 4.79 Å². The molecule has 0 fully saturated rings. The van der Waals surface area contributed by atoms with E-state index in [0.29, 0.717) is 13.1 Å². The zero-order valence-corrected chi connectivity index (χ0v) is 6.77. The van der Waals surface area contributed by atoms with Crippen LogP contribution in [-0.4, -0.2) is 19.0 Å². The molecule has 0 aliphatic carbocycles. The Morgan fingerprint density at radius 3 is 2.50 bits per heavy atom. The molecule has 0 spiro atoms. The van der Waals surface area contributed by atoms with Gasteiger partial charge < -0.3 is 4.74 Å². The molecular weight excluding hydrogens is 152 g/mol. The van der Waals surface area contributed by atoms with Gasteiger partial charge in [-0.05, 0) is 12.8 Å². The summed E-state index contributed by atoms with van der Waals surface area (Å²) in [5.74, 6) is 0.731. The molecule has 0 unspecified atom stereocenters. The van der Waals surface area contributed by atoms with Gasteiger partial charge in [-0.25, -0.2) is 0 Å². The van der Waals surface area contributed by atoms with Gasteiger partial charge in [0.2, 0.25) is 0 Å². The first-order valence-corrected chi connectivity index (χ1v) is 4.06. The summed E-state index contributed by atoms with van der Waals surface area (Å²) in [6, 6.07) is 0. The zero-order valence-electron chi connectivity index (χ0n) is 6.01. The van der Waals surface area contributed by atoms with Crippen LogP contribution in [0.25, 0.3) is 0 Å². The van der Waals surface area contributed by atoms with Crippen molar-refractivity contribution in [2.24, 2.45) is 0 Å². The van der Waals surface area contributed by atoms with Crippen LogP contribution in [0, 0.1) is 0 Å². The molecule has 0 N–H and O–H groups in total. The maximum atomic E-state index is 9.65. The van der Waals surface area contributed by atoms with E-state index in [1.807, 2.05) is 0 Å². The fourth-order valence-corrected chi connectivity index (χ4v) is 0.871. The normalized spacial score (nSPS) is 9.30. The van der Waals surface area contributed by atoms with E-state index in [4.69, 9.17) is 11.6 Å². The van der Waals surface area contributed by atoms with E-state index in [2.05, 4.69) is 4.74 Å². The topological polar surface area (TPSA) is 26.3 Å². The van der Waals surface area contributed by atoms with Crippen molar-refractivity contribution < 1.29 is 9.53 Å². The molecule has 0 aliphatic heterocycles. The van der Waals surface area contributed by atoms with E-state index < -0.39 is 0 Å². The molecule has 0 aliphatic rings. The van der Waals surface area contributed by atoms with Gasteiger partial charge in [-0.3, -0.25) is 4.79 Å². The Hall–Kier alpha value is -0.240. The van der Waals surface area contributed by atoms with Crippen molar-refractivity contribution in [3.05, 3.63) is 0 Å². The van der Waals surface area contributed by atoms with Crippen LogP contribution >= 0.6 is 11.6 Å². The van der Waals surface area contributed by atoms with Crippen LogP contribution in [0.15, 0.2) is 0 Å². The molecular formula is C7H13ClO2. The molecule has 3 heteroatoms. The maximum absolute atomic E-state index is 9.65. The molecule has 0 bridgehead atoms. The Morgan fingerprint density at radius 2 is 1.90 bits per heavy atom. The van der Waals surface area contributed by atoms with E-state index in [0.717, 1.165) is 31.6 Å². The molecule has 0 heterocycles. The summed E-state index contributed by atoms with van der Waals surface area (Å²) in [5, 5.41) is 0. The first-order chi connectivity index (χ1) is 4.91. The van der Waals surface area contributed by atoms with Crippen molar-refractivity contribution in [2.75, 3.05) is 12.5 Å². The minimum Gasteiger partial charge on any atom is -0.468 e. The van der Waals surface area contributed by atoms with Gasteiger partial charge in [-0.15, -0.1) is 11.6 Å². The van der Waals surface area contributed by atoms with Gasteiger partial charge in [0.15, 0.2) is 0 Å². The highest BCUT2D eigenvalue weighted by molar-refractivity contribution is 6.17. The summed E-state index contributed by atoms with van der Waals surface area (Å²) < 4.78 is 4.50. The molecule has 10 heavy (non-hydrogen) atoms. The van der Waals surface area contributed by atoms with Crippen LogP contribution in [0.4, 0.5) is 0 Å². The highest BCUT2D eigenvalue weighted by Gasteiger charge is 1.88. The molecule has 0 rings (SSSR count). The Kier molecular flexibility index (Phi) is 8.55. The summed E-state index contributed by atoms with van der Waals surface area (Å²) >= 11 is 5.45. The molecule has 60 valence electrons. The van der Waals surface area contributed by atoms with Gasteiger partial charge in [0.25, 0.3) is 6.47 Å². The number of ether oxygens (including phenoxy) is 1. The van der Waals surface area contributed by atoms with Crippen LogP contribution in [-0.2, 0) is 9.53 Å². The van der Waals surface area contributed by atoms with Crippen LogP contribution in [0.3, 0.4) is 0 Å². The fraction of sp³-hybridized carbons (Fsp3) is 0.857. The molecule has 0 saturated carbocycles. The number of alkyl halides is 1. The van der Waals surface area contributed by atoms with Gasteiger partial charge in [-0.1, -0.05) is 12.8 Å². The molecule has 0 saturated heterocycles. The number of rotatable bonds is 7. The number of hydrogen-bond acceptors (Lipinski definition) is 2. The number of carbonyl (C=O) groups is 1. The van der Waals surface area contributed by atoms with Gasteiger partial charge in [-0.2, -0.15) is 0 Å². The van der Waals surface area contributed by atoms with Crippen molar-refractivity contribution in [1.29, 1.82) is 0 Å². The lowest BCUT2D eigenvalue weighted by molar-refractivity contribution is -0.128. The number of halogens is 1. The van der Waals surface area contributed by atoms with Gasteiger partial charge in [0.05, 0.1) is 6.61 Å². The average Bonchev–Trinajstić information content (AvgIpc) is 1.97. The largest absolute Gasteiger partial charge is 0.468 e. The molecule has 0 amide bonds. The Balaban J connectivity index is 2.70. The lowest BCUT2D eigenvalue weighted by Gasteiger charge is -1.96. The Labute approximate surface area is 66.5 Å². The molecule has 0 aromatic carbocycles. The molecule has 0 atom stereocenters. The zero-order chi connectivity index (χ0) is 7.66. The van der Waals surface area contributed by atoms with Crippen LogP contribution in [0.2, 0.25) is 0 Å². The Morgan fingerprint density at radius 1 is 1.20 bits per heavy atom. The summed E-state index contributed by atoms with van der Waals surface area (Å²) in [4.78, 5) is 9.65. The first-order valence-electron chi connectivity index (χ1n) is 3.53. The Bertz CT molecular complexity index is 76.0. The van der Waals surface area contributed by atoms with Gasteiger partial charge in [0.1, 0.15) is 0 Å². The van der Waals surface area contributed by atoms with Crippen molar-refractivity contribution >= 4 is 18.1 Å². The molecule has 0 aromatic rings. The minimum atomic E-state index is 0.488. The summed E-state index contributed by atoms with van der Waals surface area (Å²) in [7, 11) is 0. The third-order valence-electron chi connectivity index (χ3n) is 1.21. The predicted octanol–water partition coefficient (Wildman–Crippen LogP) is 1.96. The van der Waals surface area contributed by atoms with E-state index >= 15 is 0 Å². The number of unbranched alkanes of at least 4 members (excludes halogenated alkanes) is 3. The third-order valence-corrected chi connectivity index (χ3v) is 1.48. The quantitative estimate of drug-likeness (QED) is 0.327. The third kappa shape index (κ3) is 7.76. The van der Waals surface area contributed by atoms with E-state index in [1.165, 1.54) is 0 Å². The smallest absolute Gasteiger partial charge is 0.293 e. The standard InChI is InChI=1S/C7H13ClO2/c8-5-3-1-2-4-6-10-7-9/h7H,1-6H2. The van der Waals surface area contributed by atoms with Gasteiger partial charge in [0, 0.05) is 5.88 Å². The second-order valence-corrected chi connectivity index (χ2v) is 2.45. The van der Waals surface area contributed by atoms with E-state index in [1.54, 1.807) is 0 Å². The van der Waals surface area contributed by atoms with Crippen LogP contribution < -0.4 is 0 Å². The monoisotopic (exact) mass is 164 g/mol. The maximum Gasteiger partial charge on any atom is 0.293 e. The van der Waals surface area contributed by atoms with Crippen molar-refractivity contribution in [1.82, 2.24) is 0 Å². The summed E-state index contributed by atoms with van der Waals surface area (Å²) in [6.45, 7) is 1.04. The lowest BCUT2D eigenvalue weighted by atomic mass is 10.2. The van der Waals surface area contributed by atoms with Crippen molar-refractivity contribution in [2.45, 2.75) is 25.7 Å². The minimum absolute atomic E-state index is 0.488. The predicted molar refractivity (Wildman–Crippen MR) is 41.2 cm³/mol. The van der Waals surface area contributed by atoms with Crippen LogP contribution in [0.1, 0.15) is 25.7 Å². The molecule has 2 nitrogen and oxygen atoms in total. The molecule has 0 aromatic heterocycles. The van der Waals surface area contributed by atoms with Crippen molar-refractivity contribution in [3.8, 4) is 0 Å². The second kappa shape index (κ2) is 8.76. The van der Waals surface area contributed by atoms with Gasteiger partial charge >= 0.3 is 0 Å². The number of hydrogen-bond donors (Lipinski definition) is 0. The highest BCUT2D eigenvalue weighted by Crippen LogP contribution is 2.00. The summed E-state index contributed by atoms with van der Waals surface area (Å²) in [6.07, 6.45) is 4.24. The SMILES string of the molecule is O=COCCCCCCCl. The van der Waals surface area contributed by atoms with Crippen LogP contribution in [0.5, 0.6) is 0 Å². The second-order valence-electron chi connectivity index (χ2n) is 2.07. The van der Waals surface area contributed by atoms with Crippen molar-refractivity contribution in [3.63, 3.8) is 0 Å². The fourth-order valence-electron chi connectivity index (χ4n) is 0.682. The average molecular weight is 165 g/mol. The van der Waals surface area contributed by atoms with E-state index in [-0.39, 0.29) is 0 Å². The number of carbonyl (C=O) groups excluding carboxylic acids is 1. The summed E-state index contributed by atoms with van der Waals surface area (Å²) in [5.41, 5.74) is 0. The highest BCUT2D eigenvalue weighted by atomic mass is 35.5. The lowest BCUT2D eigenvalue weighted by Crippen LogP contribution is -1.91.